The van der Waals surface area contributed by atoms with Crippen molar-refractivity contribution in [3.05, 3.63) is 0 Å². The van der Waals surface area contributed by atoms with Crippen LogP contribution in [0.15, 0.2) is 0 Å². The number of ether oxygens (including phenoxy) is 3. The molecule has 0 aromatic rings. The third kappa shape index (κ3) is 0.691. The average Bonchev–Trinajstić information content (AvgIpc) is 2.85. The van der Waals surface area contributed by atoms with Crippen molar-refractivity contribution in [2.24, 2.45) is 5.92 Å². The Labute approximate surface area is 109 Å². The van der Waals surface area contributed by atoms with Gasteiger partial charge in [0.25, 0.3) is 0 Å². The topological polar surface area (TPSA) is 51.3 Å². The Morgan fingerprint density at radius 3 is 2.94 bits per heavy atom. The maximum absolute atomic E-state index is 12.6. The Bertz CT molecular complexity index is 500. The molecule has 1 unspecified atom stereocenters. The van der Waals surface area contributed by atoms with E-state index in [1.165, 1.54) is 0 Å². The second kappa shape index (κ2) is 2.46. The smallest absolute Gasteiger partial charge is 0.232 e. The van der Waals surface area contributed by atoms with Crippen molar-refractivity contribution >= 4 is 17.5 Å². The first kappa shape index (κ1) is 10.4. The first-order valence-corrected chi connectivity index (χ1v) is 6.85. The lowest BCUT2D eigenvalue weighted by Crippen LogP contribution is -2.58. The van der Waals surface area contributed by atoms with Gasteiger partial charge >= 0.3 is 0 Å². The van der Waals surface area contributed by atoms with Crippen LogP contribution in [0.1, 0.15) is 13.8 Å². The normalized spacial score (nSPS) is 67.3. The summed E-state index contributed by atoms with van der Waals surface area (Å²) in [7, 11) is 0. The number of epoxide rings is 1. The predicted octanol–water partition coefficient (Wildman–Crippen LogP) is 0.107. The molecule has 1 amide bonds. The molecule has 2 bridgehead atoms. The number of nitrogens with zero attached hydrogens (tertiary/aromatic N) is 1. The summed E-state index contributed by atoms with van der Waals surface area (Å²) in [6.07, 6.45) is -0.0235. The summed E-state index contributed by atoms with van der Waals surface area (Å²) in [5.41, 5.74) is -1.96. The van der Waals surface area contributed by atoms with Gasteiger partial charge in [0.2, 0.25) is 5.91 Å². The quantitative estimate of drug-likeness (QED) is 0.463. The molecule has 0 N–H and O–H groups in total. The molecule has 0 aromatic heterocycles. The van der Waals surface area contributed by atoms with Crippen LogP contribution in [-0.4, -0.2) is 58.5 Å². The highest BCUT2D eigenvalue weighted by atomic mass is 35.5. The monoisotopic (exact) mass is 271 g/mol. The number of amides is 1. The average molecular weight is 272 g/mol. The maximum atomic E-state index is 12.6. The summed E-state index contributed by atoms with van der Waals surface area (Å²) in [4.78, 5) is 14.4. The van der Waals surface area contributed by atoms with Gasteiger partial charge in [0, 0.05) is 6.54 Å². The van der Waals surface area contributed by atoms with Crippen LogP contribution in [0.5, 0.6) is 0 Å². The molecule has 0 aromatic carbocycles. The Hall–Kier alpha value is -0.360. The van der Waals surface area contributed by atoms with E-state index >= 15 is 0 Å². The van der Waals surface area contributed by atoms with E-state index in [1.807, 2.05) is 13.8 Å². The zero-order valence-electron chi connectivity index (χ0n) is 10.2. The van der Waals surface area contributed by atoms with Gasteiger partial charge in [-0.2, -0.15) is 0 Å². The fourth-order valence-electron chi connectivity index (χ4n) is 4.75. The second-order valence-corrected chi connectivity index (χ2v) is 6.73. The molecule has 6 heteroatoms. The lowest BCUT2D eigenvalue weighted by atomic mass is 9.72. The number of alkyl halides is 1. The summed E-state index contributed by atoms with van der Waals surface area (Å²) in [5, 5.41) is -0.334. The number of fused-ring (bicyclic) bond motifs is 4. The molecule has 18 heavy (non-hydrogen) atoms. The van der Waals surface area contributed by atoms with Gasteiger partial charge in [-0.05, 0) is 13.8 Å². The number of rotatable bonds is 0. The molecule has 5 aliphatic heterocycles. The fourth-order valence-corrected chi connectivity index (χ4v) is 5.21. The second-order valence-electron chi connectivity index (χ2n) is 6.26. The van der Waals surface area contributed by atoms with E-state index in [2.05, 4.69) is 0 Å². The predicted molar refractivity (Wildman–Crippen MR) is 60.1 cm³/mol. The van der Waals surface area contributed by atoms with Crippen LogP contribution in [-0.2, 0) is 19.0 Å². The number of carbonyl (C=O) groups is 1. The highest BCUT2D eigenvalue weighted by Crippen LogP contribution is 2.72. The molecule has 0 radical (unpaired) electrons. The molecule has 98 valence electrons. The Kier molecular flexibility index (Phi) is 1.43. The number of hydrogen-bond donors (Lipinski definition) is 0. The van der Waals surface area contributed by atoms with Crippen molar-refractivity contribution in [3.8, 4) is 0 Å². The first-order valence-electron chi connectivity index (χ1n) is 6.42. The summed E-state index contributed by atoms with van der Waals surface area (Å²) in [5.74, 6) is -0.272. The summed E-state index contributed by atoms with van der Waals surface area (Å²) >= 11 is 6.53. The van der Waals surface area contributed by atoms with E-state index in [-0.39, 0.29) is 29.4 Å². The van der Waals surface area contributed by atoms with Crippen molar-refractivity contribution < 1.29 is 19.0 Å². The van der Waals surface area contributed by atoms with E-state index in [1.54, 1.807) is 4.90 Å². The van der Waals surface area contributed by atoms with Crippen molar-refractivity contribution in [1.29, 1.82) is 0 Å². The number of hydrogen-bond acceptors (Lipinski definition) is 4. The van der Waals surface area contributed by atoms with Crippen LogP contribution in [0, 0.1) is 5.92 Å². The molecule has 5 heterocycles. The van der Waals surface area contributed by atoms with Gasteiger partial charge in [0.1, 0.15) is 17.8 Å². The molecule has 7 atom stereocenters. The van der Waals surface area contributed by atoms with Crippen molar-refractivity contribution in [2.45, 2.75) is 48.4 Å². The van der Waals surface area contributed by atoms with Gasteiger partial charge in [0.15, 0.2) is 11.3 Å². The minimum absolute atomic E-state index is 0.0185. The molecule has 0 aliphatic carbocycles. The summed E-state index contributed by atoms with van der Waals surface area (Å²) < 4.78 is 18.0. The minimum atomic E-state index is -0.713. The highest BCUT2D eigenvalue weighted by molar-refractivity contribution is 6.24. The summed E-state index contributed by atoms with van der Waals surface area (Å²) in [6, 6.07) is 0. The van der Waals surface area contributed by atoms with Crippen LogP contribution in [0.25, 0.3) is 0 Å². The van der Waals surface area contributed by atoms with Crippen molar-refractivity contribution in [3.63, 3.8) is 0 Å². The maximum Gasteiger partial charge on any atom is 0.232 e. The first-order chi connectivity index (χ1) is 8.47. The molecule has 5 aliphatic rings. The molecule has 5 nitrogen and oxygen atoms in total. The molecular weight excluding hydrogens is 258 g/mol. The Morgan fingerprint density at radius 1 is 1.39 bits per heavy atom. The molecule has 5 rings (SSSR count). The van der Waals surface area contributed by atoms with Crippen molar-refractivity contribution in [1.82, 2.24) is 4.90 Å². The zero-order chi connectivity index (χ0) is 12.5. The lowest BCUT2D eigenvalue weighted by molar-refractivity contribution is -0.220. The largest absolute Gasteiger partial charge is 0.363 e. The van der Waals surface area contributed by atoms with Crippen LogP contribution in [0.3, 0.4) is 0 Å². The highest BCUT2D eigenvalue weighted by Gasteiger charge is 2.92. The van der Waals surface area contributed by atoms with Gasteiger partial charge in [-0.15, -0.1) is 11.6 Å². The van der Waals surface area contributed by atoms with Crippen LogP contribution >= 0.6 is 11.6 Å². The van der Waals surface area contributed by atoms with E-state index in [0.717, 1.165) is 0 Å². The van der Waals surface area contributed by atoms with Crippen molar-refractivity contribution in [2.75, 3.05) is 13.2 Å². The molecule has 0 saturated carbocycles. The van der Waals surface area contributed by atoms with E-state index in [0.29, 0.717) is 13.2 Å². The molecule has 5 saturated heterocycles. The van der Waals surface area contributed by atoms with Gasteiger partial charge in [0.05, 0.1) is 17.9 Å². The van der Waals surface area contributed by atoms with Gasteiger partial charge in [-0.25, -0.2) is 0 Å². The standard InChI is InChI=1S/C12H14ClNO4/c1-10-6(13)5-9(15)14-3-4-16-11(14,2)12(5,18-10)8-7(10)17-8/h5-8H,3-4H2,1-2H3/t5-,6+,7+,8-,10-,11?,12+/m0/s1. The van der Waals surface area contributed by atoms with Crippen LogP contribution in [0.2, 0.25) is 0 Å². The summed E-state index contributed by atoms with van der Waals surface area (Å²) in [6.45, 7) is 5.07. The minimum Gasteiger partial charge on any atom is -0.363 e. The van der Waals surface area contributed by atoms with E-state index < -0.39 is 16.9 Å². The Morgan fingerprint density at radius 2 is 2.17 bits per heavy atom. The zero-order valence-corrected chi connectivity index (χ0v) is 10.9. The third-order valence-electron chi connectivity index (χ3n) is 5.64. The van der Waals surface area contributed by atoms with Crippen LogP contribution in [0.4, 0.5) is 0 Å². The SMILES string of the molecule is CC12OCCN1C(=O)[C@@H]1[C@@H](Cl)[C@]3(C)O[C@@]12[C@H]1O[C@H]13. The fraction of sp³-hybridized carbons (Fsp3) is 0.917. The van der Waals surface area contributed by atoms with E-state index in [9.17, 15) is 4.79 Å². The van der Waals surface area contributed by atoms with Crippen LogP contribution < -0.4 is 0 Å². The molecule has 5 fully saturated rings. The van der Waals surface area contributed by atoms with Gasteiger partial charge < -0.3 is 19.1 Å². The Balaban J connectivity index is 1.78. The number of carbonyl (C=O) groups excluding carboxylic acids is 1. The van der Waals surface area contributed by atoms with E-state index in [4.69, 9.17) is 25.8 Å². The van der Waals surface area contributed by atoms with Gasteiger partial charge in [-0.1, -0.05) is 0 Å². The van der Waals surface area contributed by atoms with Gasteiger partial charge in [-0.3, -0.25) is 4.79 Å². The lowest BCUT2D eigenvalue weighted by Gasteiger charge is -2.39. The number of halogens is 1. The third-order valence-corrected chi connectivity index (χ3v) is 6.33. The molecular formula is C12H14ClNO4. The molecule has 1 spiro atoms.